The number of benzene rings is 2. The third kappa shape index (κ3) is 2.48. The number of anilines is 1. The van der Waals surface area contributed by atoms with Crippen LogP contribution >= 0.6 is 0 Å². The van der Waals surface area contributed by atoms with Crippen LogP contribution in [0.4, 0.5) is 11.4 Å². The lowest BCUT2D eigenvalue weighted by Gasteiger charge is -2.24. The van der Waals surface area contributed by atoms with Gasteiger partial charge in [-0.3, -0.25) is 14.4 Å². The van der Waals surface area contributed by atoms with Crippen LogP contribution in [-0.2, 0) is 16.4 Å². The average Bonchev–Trinajstić information content (AvgIpc) is 2.90. The van der Waals surface area contributed by atoms with Gasteiger partial charge >= 0.3 is 5.69 Å². The number of fused-ring (bicyclic) bond motifs is 1. The fourth-order valence-electron chi connectivity index (χ4n) is 2.99. The molecule has 0 fully saturated rings. The normalized spacial score (nSPS) is 16.8. The van der Waals surface area contributed by atoms with E-state index in [-0.39, 0.29) is 22.4 Å². The van der Waals surface area contributed by atoms with E-state index in [0.717, 1.165) is 11.6 Å². The lowest BCUT2D eigenvalue weighted by molar-refractivity contribution is -0.386. The Morgan fingerprint density at radius 2 is 1.96 bits per heavy atom. The molecule has 0 spiro atoms. The Bertz CT molecular complexity index is 910. The minimum atomic E-state index is -3.91. The first-order chi connectivity index (χ1) is 11.4. The highest BCUT2D eigenvalue weighted by Gasteiger charge is 2.36. The molecular formula is C16H16N2O5S. The summed E-state index contributed by atoms with van der Waals surface area (Å²) in [6, 6.07) is 10.7. The van der Waals surface area contributed by atoms with E-state index in [1.165, 1.54) is 23.5 Å². The lowest BCUT2D eigenvalue weighted by Crippen LogP contribution is -2.35. The van der Waals surface area contributed by atoms with Crippen molar-refractivity contribution in [2.75, 3.05) is 11.4 Å². The monoisotopic (exact) mass is 348 g/mol. The molecule has 1 atom stereocenters. The number of rotatable bonds is 4. The van der Waals surface area contributed by atoms with E-state index in [2.05, 4.69) is 0 Å². The summed E-state index contributed by atoms with van der Waals surface area (Å²) in [7, 11) is -2.61. The van der Waals surface area contributed by atoms with Gasteiger partial charge in [-0.05, 0) is 37.1 Å². The van der Waals surface area contributed by atoms with Crippen LogP contribution in [0, 0.1) is 10.1 Å². The Morgan fingerprint density at radius 3 is 2.62 bits per heavy atom. The van der Waals surface area contributed by atoms with Crippen molar-refractivity contribution in [2.45, 2.75) is 24.3 Å². The number of hydrogen-bond donors (Lipinski definition) is 0. The van der Waals surface area contributed by atoms with Crippen molar-refractivity contribution in [1.29, 1.82) is 0 Å². The van der Waals surface area contributed by atoms with Gasteiger partial charge in [-0.2, -0.15) is 0 Å². The van der Waals surface area contributed by atoms with Crippen molar-refractivity contribution in [3.63, 3.8) is 0 Å². The van der Waals surface area contributed by atoms with E-state index in [9.17, 15) is 18.5 Å². The number of sulfonamides is 1. The van der Waals surface area contributed by atoms with E-state index in [0.29, 0.717) is 12.1 Å². The first-order valence-electron chi connectivity index (χ1n) is 7.31. The van der Waals surface area contributed by atoms with Crippen molar-refractivity contribution in [2.24, 2.45) is 0 Å². The molecule has 0 radical (unpaired) electrons. The van der Waals surface area contributed by atoms with E-state index < -0.39 is 14.9 Å². The van der Waals surface area contributed by atoms with Gasteiger partial charge in [0.05, 0.1) is 22.6 Å². The molecule has 0 amide bonds. The molecule has 0 N–H and O–H groups in total. The fraction of sp³-hybridized carbons (Fsp3) is 0.250. The summed E-state index contributed by atoms with van der Waals surface area (Å²) >= 11 is 0. The van der Waals surface area contributed by atoms with E-state index >= 15 is 0 Å². The number of hydrogen-bond acceptors (Lipinski definition) is 5. The summed E-state index contributed by atoms with van der Waals surface area (Å²) < 4.78 is 32.3. The molecular weight excluding hydrogens is 332 g/mol. The van der Waals surface area contributed by atoms with Crippen LogP contribution in [0.2, 0.25) is 0 Å². The number of para-hydroxylation sites is 1. The van der Waals surface area contributed by atoms with Gasteiger partial charge < -0.3 is 4.74 Å². The molecule has 7 nitrogen and oxygen atoms in total. The van der Waals surface area contributed by atoms with Gasteiger partial charge in [-0.25, -0.2) is 8.42 Å². The van der Waals surface area contributed by atoms with E-state index in [1.54, 1.807) is 12.1 Å². The maximum absolute atomic E-state index is 13.0. The first-order valence-corrected chi connectivity index (χ1v) is 8.75. The van der Waals surface area contributed by atoms with Crippen molar-refractivity contribution in [3.05, 3.63) is 58.1 Å². The molecule has 8 heteroatoms. The van der Waals surface area contributed by atoms with Crippen molar-refractivity contribution in [3.8, 4) is 5.75 Å². The highest BCUT2D eigenvalue weighted by molar-refractivity contribution is 7.92. The molecule has 3 rings (SSSR count). The van der Waals surface area contributed by atoms with Gasteiger partial charge in [0, 0.05) is 12.1 Å². The Balaban J connectivity index is 2.12. The number of nitro groups is 1. The lowest BCUT2D eigenvalue weighted by atomic mass is 10.1. The van der Waals surface area contributed by atoms with Crippen LogP contribution in [0.1, 0.15) is 12.5 Å². The molecule has 2 aromatic carbocycles. The minimum Gasteiger partial charge on any atom is -0.490 e. The summed E-state index contributed by atoms with van der Waals surface area (Å²) in [6.45, 7) is 1.81. The van der Waals surface area contributed by atoms with E-state index in [1.807, 2.05) is 19.1 Å². The molecule has 0 unspecified atom stereocenters. The Morgan fingerprint density at radius 1 is 1.25 bits per heavy atom. The van der Waals surface area contributed by atoms with Crippen LogP contribution in [0.3, 0.4) is 0 Å². The largest absolute Gasteiger partial charge is 0.490 e. The Labute approximate surface area is 139 Å². The molecule has 1 heterocycles. The number of nitro benzene ring substituents is 1. The molecule has 24 heavy (non-hydrogen) atoms. The minimum absolute atomic E-state index is 0.0221. The SMILES string of the molecule is COc1ccc(S(=O)(=O)N2c3ccccc3C[C@@H]2C)cc1[N+](=O)[O-]. The molecule has 0 bridgehead atoms. The molecule has 1 aliphatic heterocycles. The van der Waals surface area contributed by atoms with Gasteiger partial charge in [0.15, 0.2) is 5.75 Å². The van der Waals surface area contributed by atoms with E-state index in [4.69, 9.17) is 4.74 Å². The summed E-state index contributed by atoms with van der Waals surface area (Å²) in [5, 5.41) is 11.2. The van der Waals surface area contributed by atoms with Crippen LogP contribution < -0.4 is 9.04 Å². The maximum Gasteiger partial charge on any atom is 0.312 e. The van der Waals surface area contributed by atoms with Crippen molar-refractivity contribution in [1.82, 2.24) is 0 Å². The Kier molecular flexibility index (Phi) is 3.92. The Hall–Kier alpha value is -2.61. The third-order valence-corrected chi connectivity index (χ3v) is 5.97. The predicted molar refractivity (Wildman–Crippen MR) is 88.9 cm³/mol. The second-order valence-electron chi connectivity index (χ2n) is 5.57. The van der Waals surface area contributed by atoms with Gasteiger partial charge in [0.25, 0.3) is 10.0 Å². The topological polar surface area (TPSA) is 89.8 Å². The zero-order valence-electron chi connectivity index (χ0n) is 13.2. The standard InChI is InChI=1S/C16H16N2O5S/c1-11-9-12-5-3-4-6-14(12)17(11)24(21,22)13-7-8-16(23-2)15(10-13)18(19)20/h3-8,10-11H,9H2,1-2H3/t11-/m0/s1. The van der Waals surface area contributed by atoms with Crippen LogP contribution in [0.25, 0.3) is 0 Å². The zero-order chi connectivity index (χ0) is 17.5. The molecule has 0 aliphatic carbocycles. The molecule has 0 aromatic heterocycles. The smallest absolute Gasteiger partial charge is 0.312 e. The molecule has 2 aromatic rings. The first kappa shape index (κ1) is 16.3. The predicted octanol–water partition coefficient (Wildman–Crippen LogP) is 2.74. The third-order valence-electron chi connectivity index (χ3n) is 4.05. The van der Waals surface area contributed by atoms with Gasteiger partial charge in [-0.15, -0.1) is 0 Å². The van der Waals surface area contributed by atoms with Gasteiger partial charge in [0.1, 0.15) is 0 Å². The highest BCUT2D eigenvalue weighted by Crippen LogP contribution is 2.38. The number of ether oxygens (including phenoxy) is 1. The quantitative estimate of drug-likeness (QED) is 0.626. The van der Waals surface area contributed by atoms with Crippen LogP contribution in [0.5, 0.6) is 5.75 Å². The van der Waals surface area contributed by atoms with Crippen molar-refractivity contribution < 1.29 is 18.1 Å². The summed E-state index contributed by atoms with van der Waals surface area (Å²) in [5.74, 6) is 0.0221. The molecule has 126 valence electrons. The summed E-state index contributed by atoms with van der Waals surface area (Å²) in [6.07, 6.45) is 0.605. The second-order valence-corrected chi connectivity index (χ2v) is 7.39. The van der Waals surface area contributed by atoms with Gasteiger partial charge in [-0.1, -0.05) is 18.2 Å². The van der Waals surface area contributed by atoms with Crippen LogP contribution in [-0.4, -0.2) is 26.5 Å². The molecule has 0 saturated carbocycles. The van der Waals surface area contributed by atoms with Crippen LogP contribution in [0.15, 0.2) is 47.4 Å². The number of nitrogens with zero attached hydrogens (tertiary/aromatic N) is 2. The fourth-order valence-corrected chi connectivity index (χ4v) is 4.70. The number of methoxy groups -OCH3 is 1. The summed E-state index contributed by atoms with van der Waals surface area (Å²) in [4.78, 5) is 10.4. The van der Waals surface area contributed by atoms with Gasteiger partial charge in [0.2, 0.25) is 0 Å². The maximum atomic E-state index is 13.0. The summed E-state index contributed by atoms with van der Waals surface area (Å²) in [5.41, 5.74) is 1.18. The molecule has 0 saturated heterocycles. The second kappa shape index (κ2) is 5.79. The van der Waals surface area contributed by atoms with Crippen molar-refractivity contribution >= 4 is 21.4 Å². The average molecular weight is 348 g/mol. The zero-order valence-corrected chi connectivity index (χ0v) is 14.0. The molecule has 1 aliphatic rings. The highest BCUT2D eigenvalue weighted by atomic mass is 32.2.